The maximum atomic E-state index is 12.0. The summed E-state index contributed by atoms with van der Waals surface area (Å²) in [7, 11) is 0. The van der Waals surface area contributed by atoms with Crippen LogP contribution in [-0.4, -0.2) is 18.0 Å². The second-order valence-electron chi connectivity index (χ2n) is 6.96. The van der Waals surface area contributed by atoms with Gasteiger partial charge in [-0.2, -0.15) is 5.10 Å². The Bertz CT molecular complexity index is 1130. The number of benzene rings is 3. The fraction of sp³-hybridized carbons (Fsp3) is 0.125. The molecule has 3 aromatic rings. The second-order valence-corrected chi connectivity index (χ2v) is 8.22. The van der Waals surface area contributed by atoms with Crippen molar-refractivity contribution < 1.29 is 14.3 Å². The second kappa shape index (κ2) is 11.5. The quantitative estimate of drug-likeness (QED) is 0.238. The Hall–Kier alpha value is -3.16. The van der Waals surface area contributed by atoms with Crippen molar-refractivity contribution in [2.24, 2.45) is 5.10 Å². The number of nitrogens with one attached hydrogen (secondary N) is 2. The molecule has 3 rings (SSSR count). The van der Waals surface area contributed by atoms with Crippen LogP contribution in [0.2, 0.25) is 5.02 Å². The van der Waals surface area contributed by atoms with E-state index < -0.39 is 11.8 Å². The van der Waals surface area contributed by atoms with Crippen LogP contribution in [0.1, 0.15) is 23.1 Å². The van der Waals surface area contributed by atoms with E-state index in [1.165, 1.54) is 11.8 Å². The number of halogens is 2. The number of hydrogen-bond donors (Lipinski definition) is 2. The van der Waals surface area contributed by atoms with E-state index in [0.717, 1.165) is 15.6 Å². The van der Waals surface area contributed by atoms with E-state index in [1.54, 1.807) is 24.3 Å². The summed E-state index contributed by atoms with van der Waals surface area (Å²) >= 11 is 9.47. The van der Waals surface area contributed by atoms with Crippen LogP contribution in [0.15, 0.2) is 76.3 Å². The van der Waals surface area contributed by atoms with Crippen LogP contribution in [0.3, 0.4) is 0 Å². The molecule has 0 fully saturated rings. The summed E-state index contributed by atoms with van der Waals surface area (Å²) in [6, 6.07) is 20.4. The van der Waals surface area contributed by atoms with Crippen molar-refractivity contribution in [1.29, 1.82) is 0 Å². The van der Waals surface area contributed by atoms with Crippen molar-refractivity contribution in [2.75, 3.05) is 5.32 Å². The van der Waals surface area contributed by atoms with E-state index in [0.29, 0.717) is 23.1 Å². The maximum absolute atomic E-state index is 12.0. The molecule has 0 unspecified atom stereocenters. The molecule has 164 valence electrons. The summed E-state index contributed by atoms with van der Waals surface area (Å²) in [5, 5.41) is 6.88. The number of aryl methyl sites for hydroxylation is 1. The Kier molecular flexibility index (Phi) is 8.41. The zero-order valence-corrected chi connectivity index (χ0v) is 19.6. The van der Waals surface area contributed by atoms with Gasteiger partial charge < -0.3 is 10.1 Å². The molecule has 0 saturated heterocycles. The molecule has 0 aliphatic carbocycles. The number of carbonyl (C=O) groups is 2. The van der Waals surface area contributed by atoms with Crippen molar-refractivity contribution in [1.82, 2.24) is 5.43 Å². The highest BCUT2D eigenvalue weighted by Gasteiger charge is 2.10. The molecule has 0 aromatic heterocycles. The zero-order chi connectivity index (χ0) is 22.9. The number of para-hydroxylation sites is 1. The van der Waals surface area contributed by atoms with E-state index >= 15 is 0 Å². The summed E-state index contributed by atoms with van der Waals surface area (Å²) in [5.74, 6) is -0.324. The van der Waals surface area contributed by atoms with Crippen LogP contribution in [0.5, 0.6) is 5.75 Å². The van der Waals surface area contributed by atoms with Crippen LogP contribution in [0.4, 0.5) is 5.69 Å². The van der Waals surface area contributed by atoms with Gasteiger partial charge in [0.15, 0.2) is 0 Å². The lowest BCUT2D eigenvalue weighted by Gasteiger charge is -2.09. The molecule has 0 aliphatic heterocycles. The Morgan fingerprint density at radius 3 is 2.53 bits per heavy atom. The van der Waals surface area contributed by atoms with Gasteiger partial charge in [-0.15, -0.1) is 0 Å². The topological polar surface area (TPSA) is 79.8 Å². The van der Waals surface area contributed by atoms with Gasteiger partial charge in [-0.05, 0) is 64.3 Å². The van der Waals surface area contributed by atoms with Crippen LogP contribution >= 0.6 is 27.5 Å². The Balaban J connectivity index is 1.47. The Morgan fingerprint density at radius 2 is 1.81 bits per heavy atom. The molecule has 32 heavy (non-hydrogen) atoms. The standard InChI is InChI=1S/C24H21BrClN3O3/c1-16-6-8-17(9-7-16)15-32-22-11-10-18(12-19(22)25)14-27-29-24(31)13-23(30)28-21-5-3-2-4-20(21)26/h2-12,14H,13,15H2,1H3,(H,28,30)(H,29,31). The largest absolute Gasteiger partial charge is 0.488 e. The van der Waals surface area contributed by atoms with Crippen LogP contribution in [-0.2, 0) is 16.2 Å². The lowest BCUT2D eigenvalue weighted by Crippen LogP contribution is -2.24. The first kappa shape index (κ1) is 23.5. The van der Waals surface area contributed by atoms with Crippen LogP contribution in [0, 0.1) is 6.92 Å². The lowest BCUT2D eigenvalue weighted by molar-refractivity contribution is -0.126. The number of rotatable bonds is 8. The van der Waals surface area contributed by atoms with Crippen molar-refractivity contribution >= 4 is 51.2 Å². The minimum atomic E-state index is -0.539. The molecular weight excluding hydrogens is 494 g/mol. The molecule has 8 heteroatoms. The van der Waals surface area contributed by atoms with Gasteiger partial charge in [0.2, 0.25) is 11.8 Å². The fourth-order valence-corrected chi connectivity index (χ4v) is 3.37. The van der Waals surface area contributed by atoms with Gasteiger partial charge >= 0.3 is 0 Å². The van der Waals surface area contributed by atoms with Gasteiger partial charge in [0, 0.05) is 0 Å². The summed E-state index contributed by atoms with van der Waals surface area (Å²) < 4.78 is 6.61. The van der Waals surface area contributed by atoms with E-state index in [9.17, 15) is 9.59 Å². The highest BCUT2D eigenvalue weighted by molar-refractivity contribution is 9.10. The molecule has 0 spiro atoms. The molecule has 2 N–H and O–H groups in total. The molecule has 3 aromatic carbocycles. The summed E-state index contributed by atoms with van der Waals surface area (Å²) in [5.41, 5.74) is 5.82. The number of hydrazone groups is 1. The molecular formula is C24H21BrClN3O3. The summed E-state index contributed by atoms with van der Waals surface area (Å²) in [6.07, 6.45) is 1.11. The van der Waals surface area contributed by atoms with Gasteiger partial charge in [-0.3, -0.25) is 9.59 Å². The monoisotopic (exact) mass is 513 g/mol. The van der Waals surface area contributed by atoms with Gasteiger partial charge in [-0.1, -0.05) is 53.6 Å². The zero-order valence-electron chi connectivity index (χ0n) is 17.3. The van der Waals surface area contributed by atoms with Gasteiger partial charge in [0.25, 0.3) is 0 Å². The number of ether oxygens (including phenoxy) is 1. The first-order valence-electron chi connectivity index (χ1n) is 9.75. The Labute approximate surface area is 199 Å². The molecule has 0 radical (unpaired) electrons. The van der Waals surface area contributed by atoms with Crippen molar-refractivity contribution in [3.05, 3.63) is 92.9 Å². The minimum Gasteiger partial charge on any atom is -0.488 e. The van der Waals surface area contributed by atoms with E-state index in [-0.39, 0.29) is 6.42 Å². The highest BCUT2D eigenvalue weighted by atomic mass is 79.9. The van der Waals surface area contributed by atoms with E-state index in [2.05, 4.69) is 31.8 Å². The third-order valence-electron chi connectivity index (χ3n) is 4.34. The molecule has 0 heterocycles. The summed E-state index contributed by atoms with van der Waals surface area (Å²) in [4.78, 5) is 23.9. The lowest BCUT2D eigenvalue weighted by atomic mass is 10.2. The number of carbonyl (C=O) groups excluding carboxylic acids is 2. The summed E-state index contributed by atoms with van der Waals surface area (Å²) in [6.45, 7) is 2.50. The van der Waals surface area contributed by atoms with E-state index in [1.807, 2.05) is 49.4 Å². The molecule has 2 amide bonds. The molecule has 0 bridgehead atoms. The van der Waals surface area contributed by atoms with Crippen molar-refractivity contribution in [2.45, 2.75) is 20.0 Å². The highest BCUT2D eigenvalue weighted by Crippen LogP contribution is 2.26. The third kappa shape index (κ3) is 7.21. The Morgan fingerprint density at radius 1 is 1.06 bits per heavy atom. The van der Waals surface area contributed by atoms with Crippen LogP contribution < -0.4 is 15.5 Å². The normalized spacial score (nSPS) is 10.7. The number of nitrogens with zero attached hydrogens (tertiary/aromatic N) is 1. The van der Waals surface area contributed by atoms with Crippen molar-refractivity contribution in [3.8, 4) is 5.75 Å². The predicted molar refractivity (Wildman–Crippen MR) is 130 cm³/mol. The maximum Gasteiger partial charge on any atom is 0.249 e. The van der Waals surface area contributed by atoms with Gasteiger partial charge in [0.05, 0.1) is 21.4 Å². The smallest absolute Gasteiger partial charge is 0.249 e. The predicted octanol–water partition coefficient (Wildman–Crippen LogP) is 5.47. The number of amides is 2. The average Bonchev–Trinajstić information content (AvgIpc) is 2.76. The number of anilines is 1. The molecule has 0 saturated carbocycles. The van der Waals surface area contributed by atoms with E-state index in [4.69, 9.17) is 16.3 Å². The number of hydrogen-bond acceptors (Lipinski definition) is 4. The van der Waals surface area contributed by atoms with Gasteiger partial charge in [0.1, 0.15) is 18.8 Å². The van der Waals surface area contributed by atoms with Crippen LogP contribution in [0.25, 0.3) is 0 Å². The molecule has 0 atom stereocenters. The minimum absolute atomic E-state index is 0.377. The SMILES string of the molecule is Cc1ccc(COc2ccc(C=NNC(=O)CC(=O)Nc3ccccc3Cl)cc2Br)cc1. The third-order valence-corrected chi connectivity index (χ3v) is 5.29. The first-order valence-corrected chi connectivity index (χ1v) is 10.9. The van der Waals surface area contributed by atoms with Crippen molar-refractivity contribution in [3.63, 3.8) is 0 Å². The molecule has 6 nitrogen and oxygen atoms in total. The molecule has 0 aliphatic rings. The first-order chi connectivity index (χ1) is 15.4. The van der Waals surface area contributed by atoms with Gasteiger partial charge in [-0.25, -0.2) is 5.43 Å². The fourth-order valence-electron chi connectivity index (χ4n) is 2.68. The average molecular weight is 515 g/mol.